The third kappa shape index (κ3) is 2.74. The van der Waals surface area contributed by atoms with E-state index in [1.165, 1.54) is 0 Å². The molecule has 0 saturated heterocycles. The first-order valence-electron chi connectivity index (χ1n) is 5.22. The van der Waals surface area contributed by atoms with Crippen molar-refractivity contribution < 1.29 is 5.11 Å². The molecule has 0 bridgehead atoms. The SMILES string of the molecule is C#CC(O)c1ccc(N(CC)CC)cc1. The van der Waals surface area contributed by atoms with Gasteiger partial charge in [-0.2, -0.15) is 0 Å². The highest BCUT2D eigenvalue weighted by atomic mass is 16.3. The number of hydrogen-bond acceptors (Lipinski definition) is 2. The minimum Gasteiger partial charge on any atom is -0.376 e. The van der Waals surface area contributed by atoms with Crippen molar-refractivity contribution in [3.63, 3.8) is 0 Å². The maximum Gasteiger partial charge on any atom is 0.139 e. The molecule has 0 aliphatic rings. The van der Waals surface area contributed by atoms with Crippen LogP contribution in [0.5, 0.6) is 0 Å². The van der Waals surface area contributed by atoms with Crippen molar-refractivity contribution in [2.45, 2.75) is 20.0 Å². The molecule has 0 aliphatic heterocycles. The van der Waals surface area contributed by atoms with Gasteiger partial charge in [-0.1, -0.05) is 18.1 Å². The van der Waals surface area contributed by atoms with Crippen molar-refractivity contribution in [3.8, 4) is 12.3 Å². The Bertz CT molecular complexity index is 333. The van der Waals surface area contributed by atoms with Crippen LogP contribution in [-0.4, -0.2) is 18.2 Å². The van der Waals surface area contributed by atoms with Crippen molar-refractivity contribution in [2.75, 3.05) is 18.0 Å². The van der Waals surface area contributed by atoms with E-state index in [4.69, 9.17) is 6.42 Å². The smallest absolute Gasteiger partial charge is 0.139 e. The predicted molar refractivity (Wildman–Crippen MR) is 63.8 cm³/mol. The maximum atomic E-state index is 9.42. The quantitative estimate of drug-likeness (QED) is 0.758. The van der Waals surface area contributed by atoms with E-state index in [0.717, 1.165) is 24.3 Å². The second-order valence-electron chi connectivity index (χ2n) is 3.33. The van der Waals surface area contributed by atoms with Crippen LogP contribution in [0.1, 0.15) is 25.5 Å². The number of aliphatic hydroxyl groups excluding tert-OH is 1. The molecule has 1 aromatic carbocycles. The summed E-state index contributed by atoms with van der Waals surface area (Å²) in [6, 6.07) is 7.72. The zero-order valence-corrected chi connectivity index (χ0v) is 9.27. The number of aliphatic hydroxyl groups is 1. The Labute approximate surface area is 91.5 Å². The summed E-state index contributed by atoms with van der Waals surface area (Å²) in [5.41, 5.74) is 1.93. The Morgan fingerprint density at radius 3 is 2.20 bits per heavy atom. The molecule has 0 radical (unpaired) electrons. The van der Waals surface area contributed by atoms with Gasteiger partial charge in [0.05, 0.1) is 0 Å². The predicted octanol–water partition coefficient (Wildman–Crippen LogP) is 2.20. The second-order valence-corrected chi connectivity index (χ2v) is 3.33. The molecule has 0 spiro atoms. The van der Waals surface area contributed by atoms with Gasteiger partial charge in [0, 0.05) is 18.8 Å². The molecule has 0 fully saturated rings. The molecule has 80 valence electrons. The summed E-state index contributed by atoms with van der Waals surface area (Å²) in [6.45, 7) is 6.20. The Morgan fingerprint density at radius 2 is 1.80 bits per heavy atom. The monoisotopic (exact) mass is 203 g/mol. The van der Waals surface area contributed by atoms with Crippen LogP contribution in [0.2, 0.25) is 0 Å². The average molecular weight is 203 g/mol. The van der Waals surface area contributed by atoms with E-state index in [0.29, 0.717) is 0 Å². The summed E-state index contributed by atoms with van der Waals surface area (Å²) >= 11 is 0. The molecule has 0 aliphatic carbocycles. The van der Waals surface area contributed by atoms with E-state index >= 15 is 0 Å². The summed E-state index contributed by atoms with van der Waals surface area (Å²) in [4.78, 5) is 2.24. The standard InChI is InChI=1S/C13H17NO/c1-4-13(15)11-7-9-12(10-8-11)14(5-2)6-3/h1,7-10,13,15H,5-6H2,2-3H3. The average Bonchev–Trinajstić information content (AvgIpc) is 2.30. The largest absolute Gasteiger partial charge is 0.376 e. The first kappa shape index (κ1) is 11.6. The second kappa shape index (κ2) is 5.43. The van der Waals surface area contributed by atoms with Crippen LogP contribution < -0.4 is 4.90 Å². The van der Waals surface area contributed by atoms with E-state index in [1.54, 1.807) is 0 Å². The van der Waals surface area contributed by atoms with E-state index in [1.807, 2.05) is 24.3 Å². The minimum atomic E-state index is -0.796. The molecule has 1 aromatic rings. The lowest BCUT2D eigenvalue weighted by Gasteiger charge is -2.21. The van der Waals surface area contributed by atoms with Crippen molar-refractivity contribution in [2.24, 2.45) is 0 Å². The molecule has 2 heteroatoms. The maximum absolute atomic E-state index is 9.42. The topological polar surface area (TPSA) is 23.5 Å². The summed E-state index contributed by atoms with van der Waals surface area (Å²) in [7, 11) is 0. The van der Waals surface area contributed by atoms with Crippen LogP contribution in [0.15, 0.2) is 24.3 Å². The fourth-order valence-electron chi connectivity index (χ4n) is 1.55. The molecule has 1 unspecified atom stereocenters. The van der Waals surface area contributed by atoms with Gasteiger partial charge in [0.2, 0.25) is 0 Å². The lowest BCUT2D eigenvalue weighted by molar-refractivity contribution is 0.238. The van der Waals surface area contributed by atoms with Gasteiger partial charge in [-0.05, 0) is 31.5 Å². The van der Waals surface area contributed by atoms with E-state index in [-0.39, 0.29) is 0 Å². The fraction of sp³-hybridized carbons (Fsp3) is 0.385. The van der Waals surface area contributed by atoms with Gasteiger partial charge in [-0.3, -0.25) is 0 Å². The molecule has 0 amide bonds. The summed E-state index contributed by atoms with van der Waals surface area (Å²) < 4.78 is 0. The van der Waals surface area contributed by atoms with E-state index in [9.17, 15) is 5.11 Å². The number of rotatable bonds is 4. The van der Waals surface area contributed by atoms with Gasteiger partial charge in [-0.25, -0.2) is 0 Å². The Hall–Kier alpha value is -1.46. The molecule has 15 heavy (non-hydrogen) atoms. The summed E-state index contributed by atoms with van der Waals surface area (Å²) in [6.07, 6.45) is 4.35. The number of terminal acetylenes is 1. The van der Waals surface area contributed by atoms with Crippen LogP contribution in [0.3, 0.4) is 0 Å². The molecule has 0 heterocycles. The highest BCUT2D eigenvalue weighted by Gasteiger charge is 2.05. The van der Waals surface area contributed by atoms with Gasteiger partial charge < -0.3 is 10.0 Å². The van der Waals surface area contributed by atoms with Gasteiger partial charge in [0.1, 0.15) is 6.10 Å². The minimum absolute atomic E-state index is 0.772. The van der Waals surface area contributed by atoms with Crippen LogP contribution in [0, 0.1) is 12.3 Å². The molecular weight excluding hydrogens is 186 g/mol. The lowest BCUT2D eigenvalue weighted by atomic mass is 10.1. The summed E-state index contributed by atoms with van der Waals surface area (Å²) in [5, 5.41) is 9.42. The van der Waals surface area contributed by atoms with Gasteiger partial charge in [-0.15, -0.1) is 6.42 Å². The van der Waals surface area contributed by atoms with Crippen LogP contribution in [0.25, 0.3) is 0 Å². The molecular formula is C13H17NO. The molecule has 1 atom stereocenters. The molecule has 1 rings (SSSR count). The fourth-order valence-corrected chi connectivity index (χ4v) is 1.55. The first-order valence-corrected chi connectivity index (χ1v) is 5.22. The highest BCUT2D eigenvalue weighted by molar-refractivity contribution is 5.48. The number of benzene rings is 1. The molecule has 0 aromatic heterocycles. The van der Waals surface area contributed by atoms with Crippen molar-refractivity contribution >= 4 is 5.69 Å². The van der Waals surface area contributed by atoms with Crippen molar-refractivity contribution in [1.82, 2.24) is 0 Å². The number of anilines is 1. The zero-order valence-electron chi connectivity index (χ0n) is 9.27. The first-order chi connectivity index (χ1) is 7.22. The molecule has 0 saturated carbocycles. The summed E-state index contributed by atoms with van der Waals surface area (Å²) in [5.74, 6) is 2.30. The van der Waals surface area contributed by atoms with E-state index in [2.05, 4.69) is 24.7 Å². The van der Waals surface area contributed by atoms with Gasteiger partial charge in [0.25, 0.3) is 0 Å². The zero-order chi connectivity index (χ0) is 11.3. The van der Waals surface area contributed by atoms with E-state index < -0.39 is 6.10 Å². The van der Waals surface area contributed by atoms with Crippen LogP contribution in [-0.2, 0) is 0 Å². The highest BCUT2D eigenvalue weighted by Crippen LogP contribution is 2.18. The Balaban J connectivity index is 2.85. The third-order valence-electron chi connectivity index (χ3n) is 2.50. The van der Waals surface area contributed by atoms with Crippen molar-refractivity contribution in [3.05, 3.63) is 29.8 Å². The Morgan fingerprint density at radius 1 is 1.27 bits per heavy atom. The number of nitrogens with zero attached hydrogens (tertiary/aromatic N) is 1. The molecule has 2 nitrogen and oxygen atoms in total. The lowest BCUT2D eigenvalue weighted by Crippen LogP contribution is -2.21. The van der Waals surface area contributed by atoms with Crippen molar-refractivity contribution in [1.29, 1.82) is 0 Å². The normalized spacial score (nSPS) is 11.9. The van der Waals surface area contributed by atoms with Gasteiger partial charge in [0.15, 0.2) is 0 Å². The number of hydrogen-bond donors (Lipinski definition) is 1. The van der Waals surface area contributed by atoms with Crippen LogP contribution >= 0.6 is 0 Å². The van der Waals surface area contributed by atoms with Gasteiger partial charge >= 0.3 is 0 Å². The Kier molecular flexibility index (Phi) is 4.20. The molecule has 1 N–H and O–H groups in total. The third-order valence-corrected chi connectivity index (χ3v) is 2.50. The van der Waals surface area contributed by atoms with Crippen LogP contribution in [0.4, 0.5) is 5.69 Å².